The van der Waals surface area contributed by atoms with E-state index in [9.17, 15) is 0 Å². The van der Waals surface area contributed by atoms with Crippen molar-refractivity contribution in [3.05, 3.63) is 34.9 Å². The third-order valence-electron chi connectivity index (χ3n) is 2.51. The van der Waals surface area contributed by atoms with Crippen LogP contribution in [0.3, 0.4) is 0 Å². The smallest absolute Gasteiger partial charge is 0.0621 e. The van der Waals surface area contributed by atoms with Gasteiger partial charge in [-0.15, -0.1) is 0 Å². The second kappa shape index (κ2) is 7.27. The lowest BCUT2D eigenvalue weighted by Crippen LogP contribution is -2.19. The maximum absolute atomic E-state index is 8.40. The molecule has 0 amide bonds. The van der Waals surface area contributed by atoms with Gasteiger partial charge in [0.2, 0.25) is 0 Å². The Kier molecular flexibility index (Phi) is 5.92. The molecule has 0 fully saturated rings. The maximum Gasteiger partial charge on any atom is 0.0621 e. The minimum atomic E-state index is 0.306. The summed E-state index contributed by atoms with van der Waals surface area (Å²) < 4.78 is 0. The minimum Gasteiger partial charge on any atom is -0.310 e. The molecule has 0 saturated carbocycles. The van der Waals surface area contributed by atoms with E-state index in [1.54, 1.807) is 0 Å². The first-order valence-corrected chi connectivity index (χ1v) is 5.97. The van der Waals surface area contributed by atoms with Crippen LogP contribution in [0.5, 0.6) is 0 Å². The quantitative estimate of drug-likeness (QED) is 0.765. The molecule has 1 atom stereocenters. The number of rotatable bonds is 6. The van der Waals surface area contributed by atoms with Crippen LogP contribution in [0.25, 0.3) is 0 Å². The molecule has 0 heterocycles. The molecule has 0 aromatic heterocycles. The molecule has 3 heteroatoms. The highest BCUT2D eigenvalue weighted by Gasteiger charge is 2.03. The van der Waals surface area contributed by atoms with Gasteiger partial charge in [-0.05, 0) is 44.0 Å². The summed E-state index contributed by atoms with van der Waals surface area (Å²) in [6.07, 6.45) is 2.65. The molecule has 1 aromatic rings. The van der Waals surface area contributed by atoms with Crippen molar-refractivity contribution in [2.45, 2.75) is 32.2 Å². The van der Waals surface area contributed by atoms with Gasteiger partial charge in [0.05, 0.1) is 6.07 Å². The van der Waals surface area contributed by atoms with Crippen molar-refractivity contribution in [1.82, 2.24) is 5.32 Å². The highest BCUT2D eigenvalue weighted by molar-refractivity contribution is 6.30. The second-order valence-electron chi connectivity index (χ2n) is 3.85. The predicted octanol–water partition coefficient (Wildman–Crippen LogP) is 3.68. The Bertz CT molecular complexity index is 357. The topological polar surface area (TPSA) is 35.8 Å². The van der Waals surface area contributed by atoms with Gasteiger partial charge in [0.15, 0.2) is 0 Å². The van der Waals surface area contributed by atoms with E-state index in [-0.39, 0.29) is 0 Å². The Balaban J connectivity index is 2.30. The standard InChI is InChI=1S/C13H17ClN2/c1-11(16-9-4-2-3-8-15)12-6-5-7-13(14)10-12/h5-7,10-11,16H,2-4,9H2,1H3. The van der Waals surface area contributed by atoms with Crippen LogP contribution in [0.2, 0.25) is 5.02 Å². The predicted molar refractivity (Wildman–Crippen MR) is 67.3 cm³/mol. The van der Waals surface area contributed by atoms with E-state index in [2.05, 4.69) is 24.4 Å². The zero-order valence-corrected chi connectivity index (χ0v) is 10.3. The summed E-state index contributed by atoms with van der Waals surface area (Å²) >= 11 is 5.93. The summed E-state index contributed by atoms with van der Waals surface area (Å²) in [6.45, 7) is 3.06. The van der Waals surface area contributed by atoms with Gasteiger partial charge < -0.3 is 5.32 Å². The van der Waals surface area contributed by atoms with Crippen molar-refractivity contribution in [3.63, 3.8) is 0 Å². The fraction of sp³-hybridized carbons (Fsp3) is 0.462. The molecule has 0 radical (unpaired) electrons. The number of nitrogens with one attached hydrogen (secondary N) is 1. The number of hydrogen-bond acceptors (Lipinski definition) is 2. The minimum absolute atomic E-state index is 0.306. The fourth-order valence-electron chi connectivity index (χ4n) is 1.54. The van der Waals surface area contributed by atoms with Crippen molar-refractivity contribution in [2.75, 3.05) is 6.54 Å². The molecular weight excluding hydrogens is 220 g/mol. The Morgan fingerprint density at radius 1 is 1.44 bits per heavy atom. The zero-order chi connectivity index (χ0) is 11.8. The summed E-state index contributed by atoms with van der Waals surface area (Å²) in [5.41, 5.74) is 1.20. The molecule has 1 rings (SSSR count). The highest BCUT2D eigenvalue weighted by atomic mass is 35.5. The molecule has 0 bridgehead atoms. The number of benzene rings is 1. The molecule has 0 aliphatic rings. The third-order valence-corrected chi connectivity index (χ3v) is 2.75. The van der Waals surface area contributed by atoms with E-state index < -0.39 is 0 Å². The molecule has 1 aromatic carbocycles. The van der Waals surface area contributed by atoms with Gasteiger partial charge >= 0.3 is 0 Å². The van der Waals surface area contributed by atoms with Crippen LogP contribution in [0, 0.1) is 11.3 Å². The lowest BCUT2D eigenvalue weighted by molar-refractivity contribution is 0.549. The first-order valence-electron chi connectivity index (χ1n) is 5.60. The first kappa shape index (κ1) is 13.0. The van der Waals surface area contributed by atoms with Crippen LogP contribution in [-0.2, 0) is 0 Å². The summed E-state index contributed by atoms with van der Waals surface area (Å²) in [6, 6.07) is 10.3. The average molecular weight is 237 g/mol. The van der Waals surface area contributed by atoms with Crippen molar-refractivity contribution < 1.29 is 0 Å². The number of nitrogens with zero attached hydrogens (tertiary/aromatic N) is 1. The molecule has 0 spiro atoms. The van der Waals surface area contributed by atoms with Gasteiger partial charge in [0, 0.05) is 17.5 Å². The van der Waals surface area contributed by atoms with Crippen molar-refractivity contribution in [3.8, 4) is 6.07 Å². The second-order valence-corrected chi connectivity index (χ2v) is 4.28. The Labute approximate surface area is 102 Å². The van der Waals surface area contributed by atoms with Crippen molar-refractivity contribution in [2.24, 2.45) is 0 Å². The zero-order valence-electron chi connectivity index (χ0n) is 9.54. The van der Waals surface area contributed by atoms with Crippen LogP contribution in [0.1, 0.15) is 37.8 Å². The van der Waals surface area contributed by atoms with Gasteiger partial charge in [0.25, 0.3) is 0 Å². The highest BCUT2D eigenvalue weighted by Crippen LogP contribution is 2.17. The number of halogens is 1. The lowest BCUT2D eigenvalue weighted by Gasteiger charge is -2.14. The van der Waals surface area contributed by atoms with Crippen LogP contribution in [0.4, 0.5) is 0 Å². The third kappa shape index (κ3) is 4.65. The fourth-order valence-corrected chi connectivity index (χ4v) is 1.74. The summed E-state index contributed by atoms with van der Waals surface area (Å²) in [5, 5.41) is 12.6. The largest absolute Gasteiger partial charge is 0.310 e. The number of unbranched alkanes of at least 4 members (excludes halogenated alkanes) is 2. The monoisotopic (exact) mass is 236 g/mol. The molecular formula is C13H17ClN2. The van der Waals surface area contributed by atoms with Gasteiger partial charge in [-0.25, -0.2) is 0 Å². The molecule has 1 N–H and O–H groups in total. The van der Waals surface area contributed by atoms with E-state index in [1.165, 1.54) is 5.56 Å². The molecule has 16 heavy (non-hydrogen) atoms. The lowest BCUT2D eigenvalue weighted by atomic mass is 10.1. The van der Waals surface area contributed by atoms with Crippen LogP contribution < -0.4 is 5.32 Å². The molecule has 0 aliphatic carbocycles. The van der Waals surface area contributed by atoms with E-state index in [1.807, 2.05) is 18.2 Å². The van der Waals surface area contributed by atoms with Gasteiger partial charge in [-0.3, -0.25) is 0 Å². The number of hydrogen-bond donors (Lipinski definition) is 1. The van der Waals surface area contributed by atoms with E-state index in [0.29, 0.717) is 12.5 Å². The maximum atomic E-state index is 8.40. The van der Waals surface area contributed by atoms with Gasteiger partial charge in [-0.2, -0.15) is 5.26 Å². The first-order chi connectivity index (χ1) is 7.74. The molecule has 2 nitrogen and oxygen atoms in total. The molecule has 86 valence electrons. The average Bonchev–Trinajstić information content (AvgIpc) is 2.28. The Hall–Kier alpha value is -1.04. The molecule has 0 saturated heterocycles. The number of nitriles is 1. The van der Waals surface area contributed by atoms with E-state index >= 15 is 0 Å². The van der Waals surface area contributed by atoms with E-state index in [4.69, 9.17) is 16.9 Å². The van der Waals surface area contributed by atoms with Crippen molar-refractivity contribution in [1.29, 1.82) is 5.26 Å². The normalized spacial score (nSPS) is 12.1. The van der Waals surface area contributed by atoms with E-state index in [0.717, 1.165) is 24.4 Å². The Morgan fingerprint density at radius 3 is 2.94 bits per heavy atom. The van der Waals surface area contributed by atoms with Gasteiger partial charge in [-0.1, -0.05) is 23.7 Å². The Morgan fingerprint density at radius 2 is 2.25 bits per heavy atom. The molecule has 0 aliphatic heterocycles. The van der Waals surface area contributed by atoms with Crippen LogP contribution in [-0.4, -0.2) is 6.54 Å². The van der Waals surface area contributed by atoms with Gasteiger partial charge in [0.1, 0.15) is 0 Å². The summed E-state index contributed by atoms with van der Waals surface area (Å²) in [5.74, 6) is 0. The van der Waals surface area contributed by atoms with Crippen LogP contribution in [0.15, 0.2) is 24.3 Å². The molecule has 1 unspecified atom stereocenters. The SMILES string of the molecule is CC(NCCCCC#N)c1cccc(Cl)c1. The van der Waals surface area contributed by atoms with Crippen molar-refractivity contribution >= 4 is 11.6 Å². The summed E-state index contributed by atoms with van der Waals surface area (Å²) in [4.78, 5) is 0. The summed E-state index contributed by atoms with van der Waals surface area (Å²) in [7, 11) is 0. The van der Waals surface area contributed by atoms with Crippen LogP contribution >= 0.6 is 11.6 Å².